The first-order valence-electron chi connectivity index (χ1n) is 13.8. The molecule has 0 aliphatic carbocycles. The van der Waals surface area contributed by atoms with Crippen molar-refractivity contribution in [3.05, 3.63) is 126 Å². The molecule has 0 atom stereocenters. The standard InChI is InChI=1S/C35H38N2O4/c1-6-19-39-32-15-11-30(12-16-32)36-21-25(2)33(40-23-36)17-7-26(3)35(4,5)28-8-18-34-27(20-28)22-37(24-41-34)29-9-13-31(38)14-10-29/h6-18,20,38H,1,3,19,21-24H2,2,4-5H3/b17-7-. The Hall–Kier alpha value is -4.58. The molecule has 0 saturated carbocycles. The van der Waals surface area contributed by atoms with E-state index in [4.69, 9.17) is 14.2 Å². The highest BCUT2D eigenvalue weighted by molar-refractivity contribution is 5.54. The van der Waals surface area contributed by atoms with E-state index in [2.05, 4.69) is 68.0 Å². The maximum absolute atomic E-state index is 9.64. The van der Waals surface area contributed by atoms with E-state index in [1.54, 1.807) is 18.2 Å². The Balaban J connectivity index is 1.25. The van der Waals surface area contributed by atoms with Gasteiger partial charge in [-0.2, -0.15) is 0 Å². The number of hydrogen-bond donors (Lipinski definition) is 1. The number of phenolic OH excluding ortho intramolecular Hbond substituents is 1. The van der Waals surface area contributed by atoms with Gasteiger partial charge in [-0.15, -0.1) is 0 Å². The number of rotatable bonds is 9. The Kier molecular flexibility index (Phi) is 8.11. The number of aromatic hydroxyl groups is 1. The Labute approximate surface area is 243 Å². The normalized spacial score (nSPS) is 15.3. The van der Waals surface area contributed by atoms with Gasteiger partial charge in [0.15, 0.2) is 13.5 Å². The molecule has 3 aromatic carbocycles. The second kappa shape index (κ2) is 11.9. The van der Waals surface area contributed by atoms with Gasteiger partial charge in [0.25, 0.3) is 0 Å². The minimum Gasteiger partial charge on any atom is -0.508 e. The fourth-order valence-corrected chi connectivity index (χ4v) is 4.98. The zero-order chi connectivity index (χ0) is 29.0. The van der Waals surface area contributed by atoms with Crippen LogP contribution in [0.5, 0.6) is 17.2 Å². The zero-order valence-corrected chi connectivity index (χ0v) is 24.1. The second-order valence-electron chi connectivity index (χ2n) is 11.0. The van der Waals surface area contributed by atoms with Crippen molar-refractivity contribution in [3.8, 4) is 17.2 Å². The largest absolute Gasteiger partial charge is 0.508 e. The summed E-state index contributed by atoms with van der Waals surface area (Å²) in [5.41, 5.74) is 6.25. The molecule has 212 valence electrons. The molecule has 0 bridgehead atoms. The number of ether oxygens (including phenoxy) is 3. The Morgan fingerprint density at radius 2 is 1.61 bits per heavy atom. The predicted octanol–water partition coefficient (Wildman–Crippen LogP) is 7.47. The number of nitrogens with zero attached hydrogens (tertiary/aromatic N) is 2. The summed E-state index contributed by atoms with van der Waals surface area (Å²) in [6.07, 6.45) is 5.84. The number of fused-ring (bicyclic) bond motifs is 1. The second-order valence-corrected chi connectivity index (χ2v) is 11.0. The molecular formula is C35H38N2O4. The summed E-state index contributed by atoms with van der Waals surface area (Å²) in [4.78, 5) is 4.34. The Morgan fingerprint density at radius 3 is 2.29 bits per heavy atom. The molecule has 2 aliphatic heterocycles. The van der Waals surface area contributed by atoms with E-state index < -0.39 is 0 Å². The fourth-order valence-electron chi connectivity index (χ4n) is 4.98. The zero-order valence-electron chi connectivity index (χ0n) is 24.1. The summed E-state index contributed by atoms with van der Waals surface area (Å²) in [6.45, 7) is 17.5. The van der Waals surface area contributed by atoms with Gasteiger partial charge in [-0.3, -0.25) is 0 Å². The van der Waals surface area contributed by atoms with Crippen LogP contribution in [0.3, 0.4) is 0 Å². The van der Waals surface area contributed by atoms with Crippen molar-refractivity contribution in [2.45, 2.75) is 32.7 Å². The third-order valence-corrected chi connectivity index (χ3v) is 7.77. The highest BCUT2D eigenvalue weighted by Crippen LogP contribution is 2.37. The predicted molar refractivity (Wildman–Crippen MR) is 166 cm³/mol. The molecule has 0 spiro atoms. The number of benzene rings is 3. The number of hydrogen-bond acceptors (Lipinski definition) is 6. The van der Waals surface area contributed by atoms with Crippen molar-refractivity contribution >= 4 is 11.4 Å². The lowest BCUT2D eigenvalue weighted by atomic mass is 9.77. The summed E-state index contributed by atoms with van der Waals surface area (Å²) in [5, 5.41) is 9.64. The topological polar surface area (TPSA) is 54.4 Å². The third kappa shape index (κ3) is 6.27. The van der Waals surface area contributed by atoms with Crippen molar-refractivity contribution in [1.82, 2.24) is 0 Å². The van der Waals surface area contributed by atoms with Gasteiger partial charge in [0.2, 0.25) is 0 Å². The lowest BCUT2D eigenvalue weighted by molar-refractivity contribution is 0.207. The first-order chi connectivity index (χ1) is 19.7. The average Bonchev–Trinajstić information content (AvgIpc) is 2.99. The maximum atomic E-state index is 9.64. The molecule has 2 heterocycles. The quantitative estimate of drug-likeness (QED) is 0.220. The van der Waals surface area contributed by atoms with E-state index in [0.717, 1.165) is 58.4 Å². The number of phenols is 1. The minimum atomic E-state index is -0.295. The lowest BCUT2D eigenvalue weighted by Gasteiger charge is -2.33. The maximum Gasteiger partial charge on any atom is 0.161 e. The van der Waals surface area contributed by atoms with E-state index >= 15 is 0 Å². The summed E-state index contributed by atoms with van der Waals surface area (Å²) in [5.74, 6) is 2.86. The van der Waals surface area contributed by atoms with Crippen LogP contribution in [0.2, 0.25) is 0 Å². The van der Waals surface area contributed by atoms with E-state index in [9.17, 15) is 5.11 Å². The van der Waals surface area contributed by atoms with Gasteiger partial charge in [-0.25, -0.2) is 0 Å². The van der Waals surface area contributed by atoms with Gasteiger partial charge < -0.3 is 29.1 Å². The molecule has 0 unspecified atom stereocenters. The molecule has 41 heavy (non-hydrogen) atoms. The molecule has 0 saturated heterocycles. The highest BCUT2D eigenvalue weighted by Gasteiger charge is 2.26. The van der Waals surface area contributed by atoms with Gasteiger partial charge in [-0.1, -0.05) is 45.2 Å². The van der Waals surface area contributed by atoms with E-state index in [1.165, 1.54) is 5.56 Å². The molecule has 5 rings (SSSR count). The summed E-state index contributed by atoms with van der Waals surface area (Å²) in [7, 11) is 0. The molecular weight excluding hydrogens is 512 g/mol. The van der Waals surface area contributed by atoms with Crippen molar-refractivity contribution in [2.24, 2.45) is 0 Å². The van der Waals surface area contributed by atoms with Gasteiger partial charge in [0.1, 0.15) is 29.6 Å². The molecule has 6 nitrogen and oxygen atoms in total. The Bertz CT molecular complexity index is 1470. The van der Waals surface area contributed by atoms with Gasteiger partial charge in [-0.05, 0) is 90.4 Å². The van der Waals surface area contributed by atoms with Crippen LogP contribution in [0.15, 0.2) is 115 Å². The van der Waals surface area contributed by atoms with Crippen LogP contribution in [-0.2, 0) is 16.7 Å². The van der Waals surface area contributed by atoms with E-state index in [1.807, 2.05) is 42.5 Å². The van der Waals surface area contributed by atoms with Crippen LogP contribution in [0.4, 0.5) is 11.4 Å². The molecule has 0 radical (unpaired) electrons. The molecule has 0 aromatic heterocycles. The third-order valence-electron chi connectivity index (χ3n) is 7.77. The molecule has 0 amide bonds. The van der Waals surface area contributed by atoms with E-state index in [-0.39, 0.29) is 11.2 Å². The minimum absolute atomic E-state index is 0.255. The fraction of sp³-hybridized carbons (Fsp3) is 0.257. The van der Waals surface area contributed by atoms with Gasteiger partial charge in [0, 0.05) is 35.4 Å². The van der Waals surface area contributed by atoms with Crippen LogP contribution in [0.25, 0.3) is 0 Å². The van der Waals surface area contributed by atoms with Crippen molar-refractivity contribution in [3.63, 3.8) is 0 Å². The first-order valence-corrected chi connectivity index (χ1v) is 13.8. The average molecular weight is 551 g/mol. The molecule has 0 fully saturated rings. The van der Waals surface area contributed by atoms with Crippen LogP contribution < -0.4 is 19.3 Å². The summed E-state index contributed by atoms with van der Waals surface area (Å²) in [6, 6.07) is 21.6. The first kappa shape index (κ1) is 28.0. The van der Waals surface area contributed by atoms with Crippen LogP contribution >= 0.6 is 0 Å². The Morgan fingerprint density at radius 1 is 0.951 bits per heavy atom. The van der Waals surface area contributed by atoms with Crippen LogP contribution in [0.1, 0.15) is 31.9 Å². The molecule has 6 heteroatoms. The van der Waals surface area contributed by atoms with Gasteiger partial charge in [0.05, 0.1) is 0 Å². The van der Waals surface area contributed by atoms with Crippen molar-refractivity contribution in [2.75, 3.05) is 36.4 Å². The smallest absolute Gasteiger partial charge is 0.161 e. The highest BCUT2D eigenvalue weighted by atomic mass is 16.5. The summed E-state index contributed by atoms with van der Waals surface area (Å²) >= 11 is 0. The molecule has 3 aromatic rings. The van der Waals surface area contributed by atoms with Crippen molar-refractivity contribution in [1.29, 1.82) is 0 Å². The monoisotopic (exact) mass is 550 g/mol. The molecule has 2 aliphatic rings. The summed E-state index contributed by atoms with van der Waals surface area (Å²) < 4.78 is 17.8. The van der Waals surface area contributed by atoms with Gasteiger partial charge >= 0.3 is 0 Å². The number of allylic oxidation sites excluding steroid dienone is 3. The molecule has 1 N–H and O–H groups in total. The lowest BCUT2D eigenvalue weighted by Crippen LogP contribution is -2.32. The van der Waals surface area contributed by atoms with Crippen LogP contribution in [-0.4, -0.2) is 31.7 Å². The SMILES string of the molecule is C=CCOc1ccc(N2COC(/C=C\C(=C)C(C)(C)c3ccc4c(c3)CN(c3ccc(O)cc3)CO4)=C(C)C2)cc1. The van der Waals surface area contributed by atoms with Crippen LogP contribution in [0, 0.1) is 0 Å². The number of anilines is 2. The van der Waals surface area contributed by atoms with Crippen molar-refractivity contribution < 1.29 is 19.3 Å². The van der Waals surface area contributed by atoms with E-state index in [0.29, 0.717) is 20.1 Å².